The van der Waals surface area contributed by atoms with Gasteiger partial charge in [0.1, 0.15) is 5.69 Å². The predicted molar refractivity (Wildman–Crippen MR) is 89.5 cm³/mol. The van der Waals surface area contributed by atoms with E-state index in [1.807, 2.05) is 0 Å². The second-order valence-electron chi connectivity index (χ2n) is 6.38. The number of hydrogen-bond acceptors (Lipinski definition) is 5. The maximum Gasteiger partial charge on any atom is 0.270 e. The van der Waals surface area contributed by atoms with Gasteiger partial charge in [0, 0.05) is 38.5 Å². The first-order chi connectivity index (χ1) is 11.7. The molecule has 0 spiro atoms. The number of rotatable bonds is 4. The van der Waals surface area contributed by atoms with Crippen LogP contribution in [0.1, 0.15) is 29.8 Å². The fourth-order valence-corrected chi connectivity index (χ4v) is 3.35. The Morgan fingerprint density at radius 3 is 2.83 bits per heavy atom. The van der Waals surface area contributed by atoms with Crippen molar-refractivity contribution in [3.8, 4) is 5.75 Å². The van der Waals surface area contributed by atoms with Crippen molar-refractivity contribution in [1.29, 1.82) is 0 Å². The Labute approximate surface area is 141 Å². The number of nitrogens with one attached hydrogen (secondary N) is 1. The van der Waals surface area contributed by atoms with Gasteiger partial charge in [0.15, 0.2) is 5.75 Å². The molecule has 1 aromatic rings. The van der Waals surface area contributed by atoms with Crippen molar-refractivity contribution in [1.82, 2.24) is 14.8 Å². The summed E-state index contributed by atoms with van der Waals surface area (Å²) in [5.41, 5.74) is 0.00177. The first-order valence-electron chi connectivity index (χ1n) is 8.57. The minimum Gasteiger partial charge on any atom is -0.491 e. The van der Waals surface area contributed by atoms with Gasteiger partial charge >= 0.3 is 0 Å². The average Bonchev–Trinajstić information content (AvgIpc) is 2.98. The predicted octanol–water partition coefficient (Wildman–Crippen LogP) is 0.710. The summed E-state index contributed by atoms with van der Waals surface area (Å²) in [5, 5.41) is 0. The number of H-pyrrole nitrogens is 1. The van der Waals surface area contributed by atoms with Crippen LogP contribution in [0.5, 0.6) is 5.75 Å². The smallest absolute Gasteiger partial charge is 0.270 e. The van der Waals surface area contributed by atoms with E-state index < -0.39 is 0 Å². The molecule has 2 aliphatic rings. The lowest BCUT2D eigenvalue weighted by Crippen LogP contribution is -2.42. The summed E-state index contributed by atoms with van der Waals surface area (Å²) in [6.07, 6.45) is 4.75. The number of hydrogen-bond donors (Lipinski definition) is 1. The monoisotopic (exact) mass is 335 g/mol. The zero-order valence-electron chi connectivity index (χ0n) is 14.1. The van der Waals surface area contributed by atoms with Crippen molar-refractivity contribution in [3.63, 3.8) is 0 Å². The molecule has 1 unspecified atom stereocenters. The van der Waals surface area contributed by atoms with Crippen molar-refractivity contribution in [2.75, 3.05) is 46.4 Å². The Balaban J connectivity index is 1.68. The van der Waals surface area contributed by atoms with Crippen LogP contribution in [0.15, 0.2) is 17.1 Å². The lowest BCUT2D eigenvalue weighted by Gasteiger charge is -2.27. The third-order valence-corrected chi connectivity index (χ3v) is 4.63. The van der Waals surface area contributed by atoms with E-state index in [0.717, 1.165) is 26.1 Å². The van der Waals surface area contributed by atoms with Crippen LogP contribution in [0.25, 0.3) is 0 Å². The van der Waals surface area contributed by atoms with Crippen LogP contribution >= 0.6 is 0 Å². The maximum atomic E-state index is 12.7. The number of methoxy groups -OCH3 is 1. The minimum absolute atomic E-state index is 0.0273. The fourth-order valence-electron chi connectivity index (χ4n) is 3.35. The van der Waals surface area contributed by atoms with Crippen LogP contribution in [0.2, 0.25) is 0 Å². The van der Waals surface area contributed by atoms with E-state index in [0.29, 0.717) is 25.4 Å². The summed E-state index contributed by atoms with van der Waals surface area (Å²) in [6.45, 7) is 4.95. The van der Waals surface area contributed by atoms with E-state index in [2.05, 4.69) is 9.88 Å². The number of aromatic amines is 1. The average molecular weight is 335 g/mol. The van der Waals surface area contributed by atoms with Crippen LogP contribution in [0, 0.1) is 0 Å². The van der Waals surface area contributed by atoms with Gasteiger partial charge in [-0.05, 0) is 32.4 Å². The molecule has 0 saturated carbocycles. The molecule has 3 rings (SSSR count). The van der Waals surface area contributed by atoms with Crippen molar-refractivity contribution < 1.29 is 14.3 Å². The molecule has 132 valence electrons. The molecule has 2 saturated heterocycles. The molecule has 0 bridgehead atoms. The fraction of sp³-hybridized carbons (Fsp3) is 0.647. The third-order valence-electron chi connectivity index (χ3n) is 4.63. The molecule has 1 atom stereocenters. The molecule has 7 nitrogen and oxygen atoms in total. The third kappa shape index (κ3) is 3.96. The molecule has 0 aliphatic carbocycles. The molecular formula is C17H25N3O4. The SMILES string of the molecule is COc1c[nH]c(C(=O)N2CCCOC(CN3CCCC3)C2)cc1=O. The molecule has 1 amide bonds. The Hall–Kier alpha value is -1.86. The first-order valence-corrected chi connectivity index (χ1v) is 8.57. The normalized spacial score (nSPS) is 22.4. The van der Waals surface area contributed by atoms with E-state index in [1.54, 1.807) is 4.90 Å². The Bertz CT molecular complexity index is 625. The summed E-state index contributed by atoms with van der Waals surface area (Å²) in [7, 11) is 1.43. The van der Waals surface area contributed by atoms with E-state index in [4.69, 9.17) is 9.47 Å². The zero-order valence-corrected chi connectivity index (χ0v) is 14.1. The molecule has 2 fully saturated rings. The number of pyridine rings is 1. The highest BCUT2D eigenvalue weighted by atomic mass is 16.5. The lowest BCUT2D eigenvalue weighted by atomic mass is 10.2. The van der Waals surface area contributed by atoms with Crippen molar-refractivity contribution in [2.24, 2.45) is 0 Å². The topological polar surface area (TPSA) is 74.9 Å². The summed E-state index contributed by atoms with van der Waals surface area (Å²) >= 11 is 0. The van der Waals surface area contributed by atoms with Crippen molar-refractivity contribution in [2.45, 2.75) is 25.4 Å². The van der Waals surface area contributed by atoms with Crippen LogP contribution in [-0.2, 0) is 4.74 Å². The molecule has 1 aromatic heterocycles. The maximum absolute atomic E-state index is 12.7. The summed E-state index contributed by atoms with van der Waals surface area (Å²) in [5.74, 6) is 0.0457. The quantitative estimate of drug-likeness (QED) is 0.877. The Morgan fingerprint density at radius 2 is 2.12 bits per heavy atom. The number of ether oxygens (including phenoxy) is 2. The molecule has 0 aromatic carbocycles. The van der Waals surface area contributed by atoms with Gasteiger partial charge in [-0.15, -0.1) is 0 Å². The molecule has 24 heavy (non-hydrogen) atoms. The molecule has 1 N–H and O–H groups in total. The van der Waals surface area contributed by atoms with Gasteiger partial charge in [0.25, 0.3) is 5.91 Å². The van der Waals surface area contributed by atoms with Gasteiger partial charge in [-0.25, -0.2) is 0 Å². The largest absolute Gasteiger partial charge is 0.491 e. The highest BCUT2D eigenvalue weighted by molar-refractivity contribution is 5.92. The molecule has 7 heteroatoms. The first kappa shape index (κ1) is 17.0. The number of carbonyl (C=O) groups excluding carboxylic acids is 1. The number of amides is 1. The van der Waals surface area contributed by atoms with Crippen LogP contribution < -0.4 is 10.2 Å². The minimum atomic E-state index is -0.292. The van der Waals surface area contributed by atoms with Gasteiger partial charge < -0.3 is 24.3 Å². The van der Waals surface area contributed by atoms with Gasteiger partial charge in [-0.3, -0.25) is 9.59 Å². The van der Waals surface area contributed by atoms with E-state index >= 15 is 0 Å². The number of likely N-dealkylation sites (tertiary alicyclic amines) is 1. The molecule has 3 heterocycles. The Kier molecular flexibility index (Phi) is 5.52. The van der Waals surface area contributed by atoms with Crippen molar-refractivity contribution in [3.05, 3.63) is 28.2 Å². The second-order valence-corrected chi connectivity index (χ2v) is 6.38. The molecule has 0 radical (unpaired) electrons. The lowest BCUT2D eigenvalue weighted by molar-refractivity contribution is 0.0296. The zero-order chi connectivity index (χ0) is 16.9. The number of carbonyl (C=O) groups is 1. The summed E-state index contributed by atoms with van der Waals surface area (Å²) in [6, 6.07) is 1.31. The highest BCUT2D eigenvalue weighted by Crippen LogP contribution is 2.14. The second kappa shape index (κ2) is 7.81. The van der Waals surface area contributed by atoms with Crippen LogP contribution in [0.4, 0.5) is 0 Å². The van der Waals surface area contributed by atoms with E-state index in [1.165, 1.54) is 32.2 Å². The van der Waals surface area contributed by atoms with Crippen LogP contribution in [0.3, 0.4) is 0 Å². The number of nitrogens with zero attached hydrogens (tertiary/aromatic N) is 2. The van der Waals surface area contributed by atoms with Gasteiger partial charge in [-0.2, -0.15) is 0 Å². The Morgan fingerprint density at radius 1 is 1.33 bits per heavy atom. The highest BCUT2D eigenvalue weighted by Gasteiger charge is 2.26. The van der Waals surface area contributed by atoms with Crippen molar-refractivity contribution >= 4 is 5.91 Å². The van der Waals surface area contributed by atoms with E-state index in [-0.39, 0.29) is 23.2 Å². The molecular weight excluding hydrogens is 310 g/mol. The standard InChI is InChI=1S/C17H25N3O4/c1-23-16-10-18-14(9-15(16)21)17(22)20-7-4-8-24-13(12-20)11-19-5-2-3-6-19/h9-10,13H,2-8,11-12H2,1H3,(H,18,21). The summed E-state index contributed by atoms with van der Waals surface area (Å²) in [4.78, 5) is 31.7. The van der Waals surface area contributed by atoms with Gasteiger partial charge in [0.2, 0.25) is 5.43 Å². The van der Waals surface area contributed by atoms with Gasteiger partial charge in [0.05, 0.1) is 13.2 Å². The van der Waals surface area contributed by atoms with E-state index in [9.17, 15) is 9.59 Å². The number of aromatic nitrogens is 1. The van der Waals surface area contributed by atoms with Gasteiger partial charge in [-0.1, -0.05) is 0 Å². The summed E-state index contributed by atoms with van der Waals surface area (Å²) < 4.78 is 10.9. The molecule has 2 aliphatic heterocycles. The van der Waals surface area contributed by atoms with Crippen LogP contribution in [-0.4, -0.2) is 73.2 Å².